The number of thiazole rings is 1. The van der Waals surface area contributed by atoms with Gasteiger partial charge in [-0.05, 0) is 24.8 Å². The van der Waals surface area contributed by atoms with Crippen LogP contribution in [-0.4, -0.2) is 23.2 Å². The lowest BCUT2D eigenvalue weighted by atomic mass is 9.89. The fourth-order valence-electron chi connectivity index (χ4n) is 1.65. The predicted octanol–water partition coefficient (Wildman–Crippen LogP) is 3.15. The van der Waals surface area contributed by atoms with E-state index < -0.39 is 0 Å². The summed E-state index contributed by atoms with van der Waals surface area (Å²) in [6.07, 6.45) is 4.13. The molecule has 1 rings (SSSR count). The summed E-state index contributed by atoms with van der Waals surface area (Å²) < 4.78 is 0. The van der Waals surface area contributed by atoms with E-state index in [1.807, 2.05) is 6.20 Å². The van der Waals surface area contributed by atoms with Gasteiger partial charge in [-0.3, -0.25) is 0 Å². The van der Waals surface area contributed by atoms with Crippen LogP contribution in [0.4, 0.5) is 0 Å². The molecule has 0 spiro atoms. The Morgan fingerprint density at radius 1 is 1.44 bits per heavy atom. The van der Waals surface area contributed by atoms with Gasteiger partial charge < -0.3 is 10.4 Å². The van der Waals surface area contributed by atoms with Crippen molar-refractivity contribution in [3.63, 3.8) is 0 Å². The highest BCUT2D eigenvalue weighted by molar-refractivity contribution is 7.11. The van der Waals surface area contributed by atoms with Crippen LogP contribution < -0.4 is 5.32 Å². The first-order valence-corrected chi connectivity index (χ1v) is 7.52. The molecule has 0 saturated carbocycles. The number of rotatable bonds is 8. The van der Waals surface area contributed by atoms with Crippen LogP contribution in [0.3, 0.4) is 0 Å². The summed E-state index contributed by atoms with van der Waals surface area (Å²) in [5.74, 6) is 0.522. The lowest BCUT2D eigenvalue weighted by Gasteiger charge is -2.21. The van der Waals surface area contributed by atoms with Crippen molar-refractivity contribution in [3.8, 4) is 0 Å². The minimum absolute atomic E-state index is 0.0526. The van der Waals surface area contributed by atoms with Crippen molar-refractivity contribution in [2.24, 2.45) is 5.41 Å². The van der Waals surface area contributed by atoms with E-state index in [0.717, 1.165) is 25.9 Å². The Morgan fingerprint density at radius 2 is 2.17 bits per heavy atom. The van der Waals surface area contributed by atoms with Gasteiger partial charge in [0.1, 0.15) is 0 Å². The lowest BCUT2D eigenvalue weighted by Crippen LogP contribution is -2.20. The Morgan fingerprint density at radius 3 is 2.72 bits per heavy atom. The third-order valence-corrected chi connectivity index (χ3v) is 4.30. The Bertz CT molecular complexity index is 347. The maximum Gasteiger partial charge on any atom is 0.0953 e. The number of nitrogens with one attached hydrogen (secondary N) is 1. The average Bonchev–Trinajstić information content (AvgIpc) is 2.77. The highest BCUT2D eigenvalue weighted by atomic mass is 32.1. The van der Waals surface area contributed by atoms with Crippen LogP contribution in [0.15, 0.2) is 6.20 Å². The van der Waals surface area contributed by atoms with Crippen LogP contribution in [0.2, 0.25) is 0 Å². The number of aliphatic hydroxyl groups is 1. The zero-order chi connectivity index (χ0) is 13.6. The van der Waals surface area contributed by atoms with Crippen LogP contribution in [0.25, 0.3) is 0 Å². The zero-order valence-corrected chi connectivity index (χ0v) is 12.8. The van der Waals surface area contributed by atoms with Crippen LogP contribution in [0, 0.1) is 5.41 Å². The molecule has 0 bridgehead atoms. The molecule has 104 valence electrons. The summed E-state index contributed by atoms with van der Waals surface area (Å²) in [6.45, 7) is 10.7. The van der Waals surface area contributed by atoms with Gasteiger partial charge in [0.15, 0.2) is 0 Å². The van der Waals surface area contributed by atoms with Crippen molar-refractivity contribution >= 4 is 11.3 Å². The molecule has 18 heavy (non-hydrogen) atoms. The summed E-state index contributed by atoms with van der Waals surface area (Å²) >= 11 is 1.80. The van der Waals surface area contributed by atoms with Crippen LogP contribution in [0.1, 0.15) is 56.3 Å². The van der Waals surface area contributed by atoms with Gasteiger partial charge in [-0.25, -0.2) is 4.98 Å². The number of aliphatic hydroxyl groups excluding tert-OH is 1. The van der Waals surface area contributed by atoms with E-state index >= 15 is 0 Å². The molecule has 0 radical (unpaired) electrons. The Kier molecular flexibility index (Phi) is 6.26. The molecule has 0 aliphatic carbocycles. The number of aromatic nitrogens is 1. The van der Waals surface area contributed by atoms with Crippen molar-refractivity contribution in [3.05, 3.63) is 16.1 Å². The van der Waals surface area contributed by atoms with Gasteiger partial charge in [-0.1, -0.05) is 27.7 Å². The Labute approximate surface area is 115 Å². The molecular formula is C14H26N2OS. The van der Waals surface area contributed by atoms with E-state index in [2.05, 4.69) is 38.0 Å². The molecule has 0 amide bonds. The van der Waals surface area contributed by atoms with E-state index in [4.69, 9.17) is 5.11 Å². The third kappa shape index (κ3) is 5.46. The fourth-order valence-corrected chi connectivity index (χ4v) is 2.54. The molecule has 1 heterocycles. The zero-order valence-electron chi connectivity index (χ0n) is 12.0. The van der Waals surface area contributed by atoms with Crippen LogP contribution in [-0.2, 0) is 6.54 Å². The van der Waals surface area contributed by atoms with Crippen molar-refractivity contribution < 1.29 is 5.11 Å². The maximum atomic E-state index is 9.16. The van der Waals surface area contributed by atoms with Crippen molar-refractivity contribution in [2.75, 3.05) is 13.2 Å². The minimum atomic E-state index is 0.0526. The smallest absolute Gasteiger partial charge is 0.0953 e. The molecule has 2 N–H and O–H groups in total. The summed E-state index contributed by atoms with van der Waals surface area (Å²) in [5.41, 5.74) is 0.0526. The molecule has 1 aromatic rings. The van der Waals surface area contributed by atoms with E-state index in [9.17, 15) is 0 Å². The van der Waals surface area contributed by atoms with Gasteiger partial charge >= 0.3 is 0 Å². The first-order valence-electron chi connectivity index (χ1n) is 6.71. The van der Waals surface area contributed by atoms with Crippen LogP contribution in [0.5, 0.6) is 0 Å². The molecule has 0 saturated heterocycles. The average molecular weight is 270 g/mol. The van der Waals surface area contributed by atoms with Crippen LogP contribution >= 0.6 is 11.3 Å². The normalized spacial score (nSPS) is 12.3. The molecule has 1 aromatic heterocycles. The van der Waals surface area contributed by atoms with Gasteiger partial charge in [0.25, 0.3) is 0 Å². The minimum Gasteiger partial charge on any atom is -0.396 e. The van der Waals surface area contributed by atoms with Gasteiger partial charge in [0.2, 0.25) is 0 Å². The highest BCUT2D eigenvalue weighted by Crippen LogP contribution is 2.22. The fraction of sp³-hybridized carbons (Fsp3) is 0.786. The summed E-state index contributed by atoms with van der Waals surface area (Å²) in [6, 6.07) is 0. The number of hydrogen-bond donors (Lipinski definition) is 2. The molecule has 0 fully saturated rings. The quantitative estimate of drug-likeness (QED) is 0.713. The van der Waals surface area contributed by atoms with Gasteiger partial charge in [-0.15, -0.1) is 11.3 Å². The molecule has 4 heteroatoms. The lowest BCUT2D eigenvalue weighted by molar-refractivity contribution is 0.148. The first-order chi connectivity index (χ1) is 8.44. The summed E-state index contributed by atoms with van der Waals surface area (Å²) in [7, 11) is 0. The number of hydrogen-bond acceptors (Lipinski definition) is 4. The molecule has 3 nitrogen and oxygen atoms in total. The molecule has 0 aliphatic rings. The summed E-state index contributed by atoms with van der Waals surface area (Å²) in [4.78, 5) is 5.72. The monoisotopic (exact) mass is 270 g/mol. The highest BCUT2D eigenvalue weighted by Gasteiger charge is 2.15. The molecule has 0 atom stereocenters. The second-order valence-corrected chi connectivity index (χ2v) is 7.07. The molecular weight excluding hydrogens is 244 g/mol. The Balaban J connectivity index is 2.18. The molecule has 0 unspecified atom stereocenters. The summed E-state index contributed by atoms with van der Waals surface area (Å²) in [5, 5.41) is 13.8. The van der Waals surface area contributed by atoms with E-state index in [1.165, 1.54) is 9.88 Å². The maximum absolute atomic E-state index is 9.16. The van der Waals surface area contributed by atoms with Gasteiger partial charge in [-0.2, -0.15) is 0 Å². The standard InChI is InChI=1S/C14H26N2OS/c1-11(2)13-16-9-12(18-13)8-15-7-5-6-14(3,4)10-17/h9,11,15,17H,5-8,10H2,1-4H3. The van der Waals surface area contributed by atoms with Gasteiger partial charge in [0.05, 0.1) is 5.01 Å². The molecule has 0 aliphatic heterocycles. The largest absolute Gasteiger partial charge is 0.396 e. The topological polar surface area (TPSA) is 45.2 Å². The molecule has 0 aromatic carbocycles. The first kappa shape index (κ1) is 15.6. The predicted molar refractivity (Wildman–Crippen MR) is 78.0 cm³/mol. The van der Waals surface area contributed by atoms with Gasteiger partial charge in [0, 0.05) is 30.1 Å². The van der Waals surface area contributed by atoms with E-state index in [-0.39, 0.29) is 12.0 Å². The van der Waals surface area contributed by atoms with E-state index in [0.29, 0.717) is 5.92 Å². The Hall–Kier alpha value is -0.450. The van der Waals surface area contributed by atoms with Crippen molar-refractivity contribution in [1.82, 2.24) is 10.3 Å². The number of nitrogens with zero attached hydrogens (tertiary/aromatic N) is 1. The third-order valence-electron chi connectivity index (χ3n) is 3.00. The van der Waals surface area contributed by atoms with Crippen molar-refractivity contribution in [1.29, 1.82) is 0 Å². The van der Waals surface area contributed by atoms with E-state index in [1.54, 1.807) is 11.3 Å². The van der Waals surface area contributed by atoms with Crippen molar-refractivity contribution in [2.45, 2.75) is 53.0 Å². The SMILES string of the molecule is CC(C)c1ncc(CNCCCC(C)(C)CO)s1. The second kappa shape index (κ2) is 7.22. The second-order valence-electron chi connectivity index (χ2n) is 5.92.